The molecule has 0 saturated heterocycles. The lowest BCUT2D eigenvalue weighted by atomic mass is 9.98. The van der Waals surface area contributed by atoms with E-state index in [9.17, 15) is 0 Å². The summed E-state index contributed by atoms with van der Waals surface area (Å²) in [7, 11) is 0. The SMILES string of the molecule is C=CCC1=C(C(=C)C=C)COC1C. The molecule has 13 heavy (non-hydrogen) atoms. The van der Waals surface area contributed by atoms with Crippen molar-refractivity contribution in [1.29, 1.82) is 0 Å². The first-order valence-electron chi connectivity index (χ1n) is 4.46. The average molecular weight is 176 g/mol. The Balaban J connectivity index is 2.94. The van der Waals surface area contributed by atoms with Gasteiger partial charge in [0.1, 0.15) is 0 Å². The largest absolute Gasteiger partial charge is 0.369 e. The Morgan fingerprint density at radius 3 is 2.85 bits per heavy atom. The minimum Gasteiger partial charge on any atom is -0.369 e. The molecule has 1 unspecified atom stereocenters. The van der Waals surface area contributed by atoms with Crippen molar-refractivity contribution >= 4 is 0 Å². The summed E-state index contributed by atoms with van der Waals surface area (Å²) in [5.41, 5.74) is 3.46. The van der Waals surface area contributed by atoms with Crippen molar-refractivity contribution in [2.45, 2.75) is 19.4 Å². The molecule has 1 nitrogen and oxygen atoms in total. The normalized spacial score (nSPS) is 21.8. The van der Waals surface area contributed by atoms with Gasteiger partial charge >= 0.3 is 0 Å². The first-order chi connectivity index (χ1) is 6.20. The van der Waals surface area contributed by atoms with Gasteiger partial charge in [-0.25, -0.2) is 0 Å². The molecule has 1 heterocycles. The van der Waals surface area contributed by atoms with Crippen molar-refractivity contribution in [3.63, 3.8) is 0 Å². The lowest BCUT2D eigenvalue weighted by molar-refractivity contribution is 0.133. The molecule has 1 aliphatic rings. The van der Waals surface area contributed by atoms with Gasteiger partial charge in [0.15, 0.2) is 0 Å². The molecule has 70 valence electrons. The molecule has 0 bridgehead atoms. The molecule has 1 heteroatoms. The van der Waals surface area contributed by atoms with Crippen molar-refractivity contribution in [2.24, 2.45) is 0 Å². The molecule has 0 aromatic heterocycles. The molecule has 0 N–H and O–H groups in total. The Bertz CT molecular complexity index is 271. The molecule has 0 saturated carbocycles. The Kier molecular flexibility index (Phi) is 3.26. The van der Waals surface area contributed by atoms with Gasteiger partial charge in [0.2, 0.25) is 0 Å². The third-order valence-corrected chi connectivity index (χ3v) is 2.35. The van der Waals surface area contributed by atoms with Crippen LogP contribution in [0.1, 0.15) is 13.3 Å². The molecular formula is C12H16O. The maximum absolute atomic E-state index is 5.52. The fourth-order valence-corrected chi connectivity index (χ4v) is 1.51. The highest BCUT2D eigenvalue weighted by Crippen LogP contribution is 2.28. The monoisotopic (exact) mass is 176 g/mol. The summed E-state index contributed by atoms with van der Waals surface area (Å²) in [5.74, 6) is 0. The number of hydrogen-bond donors (Lipinski definition) is 0. The number of ether oxygens (including phenoxy) is 1. The standard InChI is InChI=1S/C12H16O/c1-5-7-11-10(4)13-8-12(11)9(3)6-2/h5-6,10H,1-3,7-8H2,4H3. The van der Waals surface area contributed by atoms with Gasteiger partial charge in [-0.3, -0.25) is 0 Å². The van der Waals surface area contributed by atoms with Crippen LogP contribution in [-0.2, 0) is 4.74 Å². The zero-order valence-corrected chi connectivity index (χ0v) is 8.18. The van der Waals surface area contributed by atoms with Gasteiger partial charge in [-0.1, -0.05) is 25.3 Å². The summed E-state index contributed by atoms with van der Waals surface area (Å²) in [6.07, 6.45) is 4.75. The fourth-order valence-electron chi connectivity index (χ4n) is 1.51. The minimum absolute atomic E-state index is 0.199. The van der Waals surface area contributed by atoms with Crippen LogP contribution in [0.5, 0.6) is 0 Å². The number of hydrogen-bond acceptors (Lipinski definition) is 1. The van der Waals surface area contributed by atoms with Gasteiger partial charge in [0.25, 0.3) is 0 Å². The highest BCUT2D eigenvalue weighted by Gasteiger charge is 2.21. The van der Waals surface area contributed by atoms with Crippen molar-refractivity contribution in [3.8, 4) is 0 Å². The van der Waals surface area contributed by atoms with Gasteiger partial charge < -0.3 is 4.74 Å². The molecule has 0 aromatic rings. The van der Waals surface area contributed by atoms with Crippen LogP contribution in [0.3, 0.4) is 0 Å². The number of rotatable bonds is 4. The highest BCUT2D eigenvalue weighted by atomic mass is 16.5. The summed E-state index contributed by atoms with van der Waals surface area (Å²) < 4.78 is 5.52. The number of allylic oxidation sites excluding steroid dienone is 2. The zero-order chi connectivity index (χ0) is 9.84. The van der Waals surface area contributed by atoms with E-state index < -0.39 is 0 Å². The van der Waals surface area contributed by atoms with Crippen LogP contribution in [0, 0.1) is 0 Å². The topological polar surface area (TPSA) is 9.23 Å². The van der Waals surface area contributed by atoms with E-state index in [2.05, 4.69) is 26.7 Å². The smallest absolute Gasteiger partial charge is 0.0771 e. The van der Waals surface area contributed by atoms with Crippen LogP contribution >= 0.6 is 0 Å². The van der Waals surface area contributed by atoms with Crippen LogP contribution in [0.2, 0.25) is 0 Å². The first kappa shape index (κ1) is 10.0. The van der Waals surface area contributed by atoms with Gasteiger partial charge in [-0.2, -0.15) is 0 Å². The second-order valence-corrected chi connectivity index (χ2v) is 3.18. The van der Waals surface area contributed by atoms with E-state index in [0.717, 1.165) is 12.0 Å². The molecular weight excluding hydrogens is 160 g/mol. The van der Waals surface area contributed by atoms with Crippen LogP contribution in [0.15, 0.2) is 48.6 Å². The lowest BCUT2D eigenvalue weighted by Crippen LogP contribution is -2.02. The minimum atomic E-state index is 0.199. The second kappa shape index (κ2) is 4.24. The predicted molar refractivity (Wildman–Crippen MR) is 56.6 cm³/mol. The van der Waals surface area contributed by atoms with E-state index in [1.807, 2.05) is 6.08 Å². The molecule has 0 spiro atoms. The molecule has 0 radical (unpaired) electrons. The van der Waals surface area contributed by atoms with Gasteiger partial charge in [0, 0.05) is 0 Å². The molecule has 0 aliphatic carbocycles. The maximum Gasteiger partial charge on any atom is 0.0771 e. The van der Waals surface area contributed by atoms with Crippen molar-refractivity contribution < 1.29 is 4.74 Å². The van der Waals surface area contributed by atoms with E-state index in [-0.39, 0.29) is 6.10 Å². The molecule has 1 rings (SSSR count). The Hall–Kier alpha value is -1.08. The molecule has 0 amide bonds. The average Bonchev–Trinajstić information content (AvgIpc) is 2.48. The molecule has 0 aromatic carbocycles. The van der Waals surface area contributed by atoms with Crippen LogP contribution in [0.4, 0.5) is 0 Å². The molecule has 1 atom stereocenters. The second-order valence-electron chi connectivity index (χ2n) is 3.18. The Labute approximate surface area is 80.1 Å². The van der Waals surface area contributed by atoms with Crippen LogP contribution < -0.4 is 0 Å². The summed E-state index contributed by atoms with van der Waals surface area (Å²) in [5, 5.41) is 0. The van der Waals surface area contributed by atoms with Crippen LogP contribution in [-0.4, -0.2) is 12.7 Å². The lowest BCUT2D eigenvalue weighted by Gasteiger charge is -2.06. The van der Waals surface area contributed by atoms with E-state index in [1.165, 1.54) is 11.1 Å². The zero-order valence-electron chi connectivity index (χ0n) is 8.18. The van der Waals surface area contributed by atoms with E-state index in [4.69, 9.17) is 4.74 Å². The van der Waals surface area contributed by atoms with E-state index >= 15 is 0 Å². The van der Waals surface area contributed by atoms with E-state index in [0.29, 0.717) is 6.61 Å². The Morgan fingerprint density at radius 2 is 2.31 bits per heavy atom. The summed E-state index contributed by atoms with van der Waals surface area (Å²) >= 11 is 0. The highest BCUT2D eigenvalue weighted by molar-refractivity contribution is 5.44. The first-order valence-corrected chi connectivity index (χ1v) is 4.46. The van der Waals surface area contributed by atoms with Crippen molar-refractivity contribution in [2.75, 3.05) is 6.61 Å². The Morgan fingerprint density at radius 1 is 1.62 bits per heavy atom. The predicted octanol–water partition coefficient (Wildman–Crippen LogP) is 3.02. The maximum atomic E-state index is 5.52. The third kappa shape index (κ3) is 1.99. The van der Waals surface area contributed by atoms with Crippen molar-refractivity contribution in [3.05, 3.63) is 48.6 Å². The van der Waals surface area contributed by atoms with Crippen molar-refractivity contribution in [1.82, 2.24) is 0 Å². The molecule has 0 fully saturated rings. The van der Waals surface area contributed by atoms with Gasteiger partial charge in [-0.05, 0) is 30.1 Å². The third-order valence-electron chi connectivity index (χ3n) is 2.35. The van der Waals surface area contributed by atoms with Gasteiger partial charge in [0.05, 0.1) is 12.7 Å². The van der Waals surface area contributed by atoms with E-state index in [1.54, 1.807) is 6.08 Å². The summed E-state index contributed by atoms with van der Waals surface area (Å²) in [6, 6.07) is 0. The van der Waals surface area contributed by atoms with Gasteiger partial charge in [-0.15, -0.1) is 6.58 Å². The molecule has 1 aliphatic heterocycles. The fraction of sp³-hybridized carbons (Fsp3) is 0.333. The summed E-state index contributed by atoms with van der Waals surface area (Å²) in [6.45, 7) is 14.1. The quantitative estimate of drug-likeness (QED) is 0.472. The van der Waals surface area contributed by atoms with Crippen LogP contribution in [0.25, 0.3) is 0 Å². The summed E-state index contributed by atoms with van der Waals surface area (Å²) in [4.78, 5) is 0.